The summed E-state index contributed by atoms with van der Waals surface area (Å²) in [5.41, 5.74) is 0. The van der Waals surface area contributed by atoms with Gasteiger partial charge in [-0.3, -0.25) is 0 Å². The minimum Gasteiger partial charge on any atom is -0.303 e. The van der Waals surface area contributed by atoms with Gasteiger partial charge in [-0.15, -0.1) is 0 Å². The fourth-order valence-corrected chi connectivity index (χ4v) is 3.05. The number of aldehydes is 1. The van der Waals surface area contributed by atoms with Crippen LogP contribution in [0.3, 0.4) is 0 Å². The van der Waals surface area contributed by atoms with Gasteiger partial charge in [-0.2, -0.15) is 0 Å². The number of hydrogen-bond acceptors (Lipinski definition) is 3. The fraction of sp³-hybridized carbons (Fsp3) is 0.875. The SMILES string of the molecule is CC(C)CS(=O)(=O)C[C@H](C)C=O. The van der Waals surface area contributed by atoms with Crippen LogP contribution in [0, 0.1) is 11.8 Å². The first-order valence-corrected chi connectivity index (χ1v) is 5.85. The lowest BCUT2D eigenvalue weighted by atomic mass is 10.3. The van der Waals surface area contributed by atoms with Crippen molar-refractivity contribution in [3.8, 4) is 0 Å². The van der Waals surface area contributed by atoms with E-state index in [0.717, 1.165) is 0 Å². The predicted molar refractivity (Wildman–Crippen MR) is 48.7 cm³/mol. The maximum atomic E-state index is 11.3. The number of sulfone groups is 1. The molecule has 0 aromatic heterocycles. The summed E-state index contributed by atoms with van der Waals surface area (Å²) in [5.74, 6) is -0.0950. The zero-order chi connectivity index (χ0) is 9.78. The Bertz CT molecular complexity index is 229. The Balaban J connectivity index is 4.14. The van der Waals surface area contributed by atoms with Gasteiger partial charge in [-0.05, 0) is 5.92 Å². The van der Waals surface area contributed by atoms with Crippen molar-refractivity contribution in [2.75, 3.05) is 11.5 Å². The van der Waals surface area contributed by atoms with Crippen LogP contribution in [0.1, 0.15) is 20.8 Å². The van der Waals surface area contributed by atoms with Crippen LogP contribution in [0.2, 0.25) is 0 Å². The van der Waals surface area contributed by atoms with Gasteiger partial charge in [-0.1, -0.05) is 20.8 Å². The molecule has 0 aliphatic carbocycles. The molecule has 0 aliphatic heterocycles. The maximum Gasteiger partial charge on any atom is 0.151 e. The van der Waals surface area contributed by atoms with Crippen LogP contribution in [-0.2, 0) is 14.6 Å². The average molecular weight is 192 g/mol. The van der Waals surface area contributed by atoms with Crippen molar-refractivity contribution in [3.05, 3.63) is 0 Å². The quantitative estimate of drug-likeness (QED) is 0.608. The summed E-state index contributed by atoms with van der Waals surface area (Å²) in [7, 11) is -3.02. The summed E-state index contributed by atoms with van der Waals surface area (Å²) in [5, 5.41) is 0. The molecule has 0 spiro atoms. The molecule has 72 valence electrons. The molecule has 0 heterocycles. The van der Waals surface area contributed by atoms with Crippen LogP contribution in [0.25, 0.3) is 0 Å². The van der Waals surface area contributed by atoms with E-state index in [1.807, 2.05) is 13.8 Å². The molecule has 0 aromatic carbocycles. The minimum atomic E-state index is -3.02. The topological polar surface area (TPSA) is 51.2 Å². The number of carbonyl (C=O) groups is 1. The van der Waals surface area contributed by atoms with Crippen molar-refractivity contribution in [2.45, 2.75) is 20.8 Å². The maximum absolute atomic E-state index is 11.3. The Morgan fingerprint density at radius 2 is 1.67 bits per heavy atom. The van der Waals surface area contributed by atoms with Gasteiger partial charge in [0.15, 0.2) is 9.84 Å². The Labute approximate surface area is 74.1 Å². The van der Waals surface area contributed by atoms with Gasteiger partial charge in [-0.25, -0.2) is 8.42 Å². The van der Waals surface area contributed by atoms with Gasteiger partial charge in [0.25, 0.3) is 0 Å². The number of rotatable bonds is 5. The highest BCUT2D eigenvalue weighted by molar-refractivity contribution is 7.91. The molecular formula is C8H16O3S. The Kier molecular flexibility index (Phi) is 4.45. The lowest BCUT2D eigenvalue weighted by Gasteiger charge is -2.07. The van der Waals surface area contributed by atoms with E-state index in [1.54, 1.807) is 6.92 Å². The van der Waals surface area contributed by atoms with E-state index in [1.165, 1.54) is 0 Å². The first-order chi connectivity index (χ1) is 5.37. The van der Waals surface area contributed by atoms with E-state index in [-0.39, 0.29) is 23.3 Å². The number of hydrogen-bond donors (Lipinski definition) is 0. The minimum absolute atomic E-state index is 0.0192. The summed E-state index contributed by atoms with van der Waals surface area (Å²) in [6.07, 6.45) is 0.678. The molecule has 0 bridgehead atoms. The third-order valence-electron chi connectivity index (χ3n) is 1.34. The molecule has 0 radical (unpaired) electrons. The molecule has 0 rings (SSSR count). The molecule has 12 heavy (non-hydrogen) atoms. The third-order valence-corrected chi connectivity index (χ3v) is 3.54. The molecular weight excluding hydrogens is 176 g/mol. The van der Waals surface area contributed by atoms with Crippen molar-refractivity contribution in [3.63, 3.8) is 0 Å². The van der Waals surface area contributed by atoms with Gasteiger partial charge < -0.3 is 4.79 Å². The molecule has 0 unspecified atom stereocenters. The smallest absolute Gasteiger partial charge is 0.151 e. The van der Waals surface area contributed by atoms with Gasteiger partial charge in [0.2, 0.25) is 0 Å². The first-order valence-electron chi connectivity index (χ1n) is 4.03. The second-order valence-electron chi connectivity index (χ2n) is 3.58. The molecule has 0 saturated carbocycles. The zero-order valence-electron chi connectivity index (χ0n) is 7.78. The van der Waals surface area contributed by atoms with Crippen molar-refractivity contribution < 1.29 is 13.2 Å². The molecule has 0 amide bonds. The highest BCUT2D eigenvalue weighted by atomic mass is 32.2. The van der Waals surface area contributed by atoms with Crippen molar-refractivity contribution in [2.24, 2.45) is 11.8 Å². The molecule has 0 fully saturated rings. The largest absolute Gasteiger partial charge is 0.303 e. The Hall–Kier alpha value is -0.380. The molecule has 3 nitrogen and oxygen atoms in total. The lowest BCUT2D eigenvalue weighted by molar-refractivity contribution is -0.110. The molecule has 0 aromatic rings. The second kappa shape index (κ2) is 4.60. The van der Waals surface area contributed by atoms with Crippen molar-refractivity contribution in [1.29, 1.82) is 0 Å². The van der Waals surface area contributed by atoms with Crippen LogP contribution in [-0.4, -0.2) is 26.2 Å². The Morgan fingerprint density at radius 1 is 1.17 bits per heavy atom. The van der Waals surface area contributed by atoms with Crippen molar-refractivity contribution in [1.82, 2.24) is 0 Å². The fourth-order valence-electron chi connectivity index (χ4n) is 1.02. The van der Waals surface area contributed by atoms with Crippen molar-refractivity contribution >= 4 is 16.1 Å². The van der Waals surface area contributed by atoms with Gasteiger partial charge >= 0.3 is 0 Å². The van der Waals surface area contributed by atoms with Gasteiger partial charge in [0, 0.05) is 5.92 Å². The summed E-state index contributed by atoms with van der Waals surface area (Å²) in [6, 6.07) is 0. The summed E-state index contributed by atoms with van der Waals surface area (Å²) in [6.45, 7) is 5.32. The molecule has 0 aliphatic rings. The third kappa shape index (κ3) is 5.29. The standard InChI is InChI=1S/C8H16O3S/c1-7(2)5-12(10,11)6-8(3)4-9/h4,7-8H,5-6H2,1-3H3/t8-/m1/s1. The zero-order valence-corrected chi connectivity index (χ0v) is 8.60. The van der Waals surface area contributed by atoms with E-state index >= 15 is 0 Å². The summed E-state index contributed by atoms with van der Waals surface area (Å²) >= 11 is 0. The molecule has 0 saturated heterocycles. The van der Waals surface area contributed by atoms with Gasteiger partial charge in [0.1, 0.15) is 6.29 Å². The molecule has 4 heteroatoms. The molecule has 0 N–H and O–H groups in total. The lowest BCUT2D eigenvalue weighted by Crippen LogP contribution is -2.20. The van der Waals surface area contributed by atoms with Crippen LogP contribution in [0.15, 0.2) is 0 Å². The van der Waals surface area contributed by atoms with Crippen LogP contribution in [0.4, 0.5) is 0 Å². The van der Waals surface area contributed by atoms with E-state index in [4.69, 9.17) is 0 Å². The van der Waals surface area contributed by atoms with Crippen LogP contribution in [0.5, 0.6) is 0 Å². The van der Waals surface area contributed by atoms with E-state index < -0.39 is 9.84 Å². The average Bonchev–Trinajstić information content (AvgIpc) is 1.83. The van der Waals surface area contributed by atoms with E-state index in [9.17, 15) is 13.2 Å². The van der Waals surface area contributed by atoms with Crippen LogP contribution < -0.4 is 0 Å². The van der Waals surface area contributed by atoms with Crippen LogP contribution >= 0.6 is 0 Å². The highest BCUT2D eigenvalue weighted by Gasteiger charge is 2.16. The Morgan fingerprint density at radius 3 is 2.00 bits per heavy atom. The summed E-state index contributed by atoms with van der Waals surface area (Å²) < 4.78 is 22.5. The van der Waals surface area contributed by atoms with E-state index in [2.05, 4.69) is 0 Å². The van der Waals surface area contributed by atoms with Gasteiger partial charge in [0.05, 0.1) is 11.5 Å². The predicted octanol–water partition coefficient (Wildman–Crippen LogP) is 0.892. The molecule has 1 atom stereocenters. The second-order valence-corrected chi connectivity index (χ2v) is 5.74. The first kappa shape index (κ1) is 11.6. The monoisotopic (exact) mass is 192 g/mol. The highest BCUT2D eigenvalue weighted by Crippen LogP contribution is 2.04. The summed E-state index contributed by atoms with van der Waals surface area (Å²) in [4.78, 5) is 10.2. The number of carbonyl (C=O) groups excluding carboxylic acids is 1. The normalized spacial score (nSPS) is 14.7. The van der Waals surface area contributed by atoms with E-state index in [0.29, 0.717) is 6.29 Å².